The van der Waals surface area contributed by atoms with Gasteiger partial charge in [0.2, 0.25) is 0 Å². The first-order chi connectivity index (χ1) is 20.2. The zero-order valence-electron chi connectivity index (χ0n) is 26.5. The van der Waals surface area contributed by atoms with E-state index in [2.05, 4.69) is 102 Å². The first-order valence-corrected chi connectivity index (χ1v) is 16.6. The summed E-state index contributed by atoms with van der Waals surface area (Å²) >= 11 is 3.09. The van der Waals surface area contributed by atoms with E-state index < -0.39 is 0 Å². The lowest BCUT2D eigenvalue weighted by Crippen LogP contribution is -2.12. The number of benzene rings is 2. The van der Waals surface area contributed by atoms with Crippen LogP contribution in [0.25, 0.3) is 11.1 Å². The van der Waals surface area contributed by atoms with Gasteiger partial charge in [0, 0.05) is 21.1 Å². The summed E-state index contributed by atoms with van der Waals surface area (Å²) in [5.41, 5.74) is 9.12. The number of allylic oxidation sites excluding steroid dienone is 2. The number of nitrogens with one attached hydrogen (secondary N) is 2. The molecule has 4 aromatic rings. The van der Waals surface area contributed by atoms with Crippen LogP contribution in [0.1, 0.15) is 112 Å². The van der Waals surface area contributed by atoms with Gasteiger partial charge in [-0.1, -0.05) is 65.8 Å². The Morgan fingerprint density at radius 1 is 0.605 bits per heavy atom. The Labute approximate surface area is 264 Å². The van der Waals surface area contributed by atoms with Gasteiger partial charge in [-0.15, -0.1) is 22.7 Å². The summed E-state index contributed by atoms with van der Waals surface area (Å²) in [4.78, 5) is 30.2. The van der Waals surface area contributed by atoms with E-state index in [1.54, 1.807) is 22.7 Å². The van der Waals surface area contributed by atoms with Crippen LogP contribution < -0.4 is 10.6 Å². The molecule has 0 saturated carbocycles. The molecule has 0 radical (unpaired) electrons. The number of rotatable bonds is 6. The summed E-state index contributed by atoms with van der Waals surface area (Å²) in [6.45, 7) is 17.3. The van der Waals surface area contributed by atoms with Crippen LogP contribution in [0.3, 0.4) is 0 Å². The minimum Gasteiger partial charge on any atom is -0.321 e. The maximum absolute atomic E-state index is 13.2. The second kappa shape index (κ2) is 11.9. The van der Waals surface area contributed by atoms with Crippen molar-refractivity contribution < 1.29 is 9.59 Å². The Balaban J connectivity index is 1.35. The van der Waals surface area contributed by atoms with E-state index in [4.69, 9.17) is 0 Å². The summed E-state index contributed by atoms with van der Waals surface area (Å²) < 4.78 is 0. The molecule has 2 heterocycles. The molecule has 224 valence electrons. The summed E-state index contributed by atoms with van der Waals surface area (Å²) in [5.74, 6) is -0.159. The van der Waals surface area contributed by atoms with Crippen LogP contribution in [0.2, 0.25) is 0 Å². The Morgan fingerprint density at radius 2 is 0.953 bits per heavy atom. The number of amides is 2. The molecule has 1 aliphatic rings. The van der Waals surface area contributed by atoms with Gasteiger partial charge in [-0.2, -0.15) is 0 Å². The molecule has 0 aliphatic heterocycles. The van der Waals surface area contributed by atoms with E-state index in [9.17, 15) is 9.59 Å². The first kappa shape index (κ1) is 31.0. The minimum atomic E-state index is -0.0794. The van der Waals surface area contributed by atoms with Gasteiger partial charge in [-0.05, 0) is 114 Å². The molecule has 0 bridgehead atoms. The molecule has 0 fully saturated rings. The van der Waals surface area contributed by atoms with Crippen LogP contribution in [-0.4, -0.2) is 11.8 Å². The van der Waals surface area contributed by atoms with Gasteiger partial charge in [-0.25, -0.2) is 0 Å². The zero-order valence-corrected chi connectivity index (χ0v) is 28.2. The smallest absolute Gasteiger partial charge is 0.265 e. The molecule has 2 N–H and O–H groups in total. The summed E-state index contributed by atoms with van der Waals surface area (Å²) in [6, 6.07) is 20.3. The molecule has 2 aromatic carbocycles. The van der Waals surface area contributed by atoms with Crippen LogP contribution in [0.5, 0.6) is 0 Å². The van der Waals surface area contributed by atoms with Crippen LogP contribution in [-0.2, 0) is 10.8 Å². The Kier molecular flexibility index (Phi) is 8.56. The summed E-state index contributed by atoms with van der Waals surface area (Å²) in [7, 11) is 0. The van der Waals surface area contributed by atoms with Crippen molar-refractivity contribution in [3.05, 3.63) is 102 Å². The molecule has 0 unspecified atom stereocenters. The number of anilines is 2. The average molecular weight is 611 g/mol. The average Bonchev–Trinajstić information content (AvgIpc) is 3.66. The van der Waals surface area contributed by atoms with Crippen LogP contribution in [0.4, 0.5) is 11.4 Å². The van der Waals surface area contributed by atoms with Crippen LogP contribution in [0.15, 0.2) is 60.7 Å². The quantitative estimate of drug-likeness (QED) is 0.228. The molecule has 0 spiro atoms. The normalized spacial score (nSPS) is 13.9. The van der Waals surface area contributed by atoms with Crippen molar-refractivity contribution in [1.29, 1.82) is 0 Å². The van der Waals surface area contributed by atoms with Gasteiger partial charge in [-0.3, -0.25) is 9.59 Å². The van der Waals surface area contributed by atoms with Crippen molar-refractivity contribution in [3.8, 4) is 0 Å². The molecule has 4 nitrogen and oxygen atoms in total. The first-order valence-electron chi connectivity index (χ1n) is 15.0. The topological polar surface area (TPSA) is 58.2 Å². The molecule has 2 aromatic heterocycles. The van der Waals surface area contributed by atoms with Crippen molar-refractivity contribution in [2.45, 2.75) is 85.5 Å². The molecule has 43 heavy (non-hydrogen) atoms. The van der Waals surface area contributed by atoms with Crippen molar-refractivity contribution in [2.24, 2.45) is 0 Å². The predicted octanol–water partition coefficient (Wildman–Crippen LogP) is 10.6. The largest absolute Gasteiger partial charge is 0.321 e. The van der Waals surface area contributed by atoms with Crippen molar-refractivity contribution in [2.75, 3.05) is 10.6 Å². The van der Waals surface area contributed by atoms with E-state index in [0.717, 1.165) is 51.5 Å². The van der Waals surface area contributed by atoms with E-state index in [1.807, 2.05) is 24.3 Å². The fourth-order valence-electron chi connectivity index (χ4n) is 5.62. The Hall–Kier alpha value is -3.48. The fourth-order valence-corrected chi connectivity index (χ4v) is 7.50. The number of hydrogen-bond acceptors (Lipinski definition) is 4. The van der Waals surface area contributed by atoms with Crippen LogP contribution in [0, 0.1) is 13.8 Å². The van der Waals surface area contributed by atoms with Gasteiger partial charge >= 0.3 is 0 Å². The third-order valence-electron chi connectivity index (χ3n) is 8.17. The molecule has 1 aliphatic carbocycles. The molecule has 6 heteroatoms. The number of carbonyl (C=O) groups is 2. The minimum absolute atomic E-state index is 0.0682. The number of hydrogen-bond donors (Lipinski definition) is 2. The standard InChI is InChI=1S/C37H42N2O2S2/c1-22-30(20-32(42-22)34(40)38-26-16-12-24(13-17-26)36(3,4)5)28-10-9-11-29(28)31-21-33(43-23(31)2)35(41)39-27-18-14-25(15-19-27)37(6,7)8/h12-21H,9-11H2,1-8H3,(H,38,40)(H,39,41). The summed E-state index contributed by atoms with van der Waals surface area (Å²) in [5, 5.41) is 6.16. The maximum atomic E-state index is 13.2. The van der Waals surface area contributed by atoms with Gasteiger partial charge in [0.15, 0.2) is 0 Å². The third kappa shape index (κ3) is 6.86. The zero-order chi connectivity index (χ0) is 31.1. The maximum Gasteiger partial charge on any atom is 0.265 e. The van der Waals surface area contributed by atoms with Crippen molar-refractivity contribution in [1.82, 2.24) is 0 Å². The van der Waals surface area contributed by atoms with Gasteiger partial charge in [0.25, 0.3) is 11.8 Å². The lowest BCUT2D eigenvalue weighted by Gasteiger charge is -2.19. The van der Waals surface area contributed by atoms with Gasteiger partial charge in [0.1, 0.15) is 0 Å². The SMILES string of the molecule is Cc1sc(C(=O)Nc2ccc(C(C)(C)C)cc2)cc1C1=C(c2cc(C(=O)Nc3ccc(C(C)(C)C)cc3)sc2C)CCC1. The van der Waals surface area contributed by atoms with E-state index in [0.29, 0.717) is 9.75 Å². The van der Waals surface area contributed by atoms with Gasteiger partial charge in [0.05, 0.1) is 9.75 Å². The number of aryl methyl sites for hydroxylation is 2. The van der Waals surface area contributed by atoms with Gasteiger partial charge < -0.3 is 10.6 Å². The lowest BCUT2D eigenvalue weighted by atomic mass is 9.87. The predicted molar refractivity (Wildman–Crippen MR) is 185 cm³/mol. The summed E-state index contributed by atoms with van der Waals surface area (Å²) in [6.07, 6.45) is 3.01. The lowest BCUT2D eigenvalue weighted by molar-refractivity contribution is 0.102. The number of carbonyl (C=O) groups excluding carboxylic acids is 2. The second-order valence-corrected chi connectivity index (χ2v) is 16.0. The number of thiophene rings is 2. The third-order valence-corrected chi connectivity index (χ3v) is 10.3. The van der Waals surface area contributed by atoms with Crippen LogP contribution >= 0.6 is 22.7 Å². The molecular formula is C37H42N2O2S2. The molecule has 2 amide bonds. The van der Waals surface area contributed by atoms with Crippen molar-refractivity contribution in [3.63, 3.8) is 0 Å². The highest BCUT2D eigenvalue weighted by molar-refractivity contribution is 7.14. The molecular weight excluding hydrogens is 569 g/mol. The monoisotopic (exact) mass is 610 g/mol. The highest BCUT2D eigenvalue weighted by atomic mass is 32.1. The molecule has 5 rings (SSSR count). The fraction of sp³-hybridized carbons (Fsp3) is 0.351. The highest BCUT2D eigenvalue weighted by Crippen LogP contribution is 2.45. The Morgan fingerprint density at radius 3 is 1.28 bits per heavy atom. The van der Waals surface area contributed by atoms with E-state index in [1.165, 1.54) is 22.3 Å². The van der Waals surface area contributed by atoms with Crippen molar-refractivity contribution >= 4 is 57.0 Å². The molecule has 0 atom stereocenters. The van der Waals surface area contributed by atoms with E-state index in [-0.39, 0.29) is 22.6 Å². The molecule has 0 saturated heterocycles. The highest BCUT2D eigenvalue weighted by Gasteiger charge is 2.25. The Bertz CT molecular complexity index is 1560. The second-order valence-electron chi connectivity index (χ2n) is 13.5. The van der Waals surface area contributed by atoms with E-state index >= 15 is 0 Å².